The highest BCUT2D eigenvalue weighted by molar-refractivity contribution is 5.94. The summed E-state index contributed by atoms with van der Waals surface area (Å²) in [5, 5.41) is 0. The van der Waals surface area contributed by atoms with Crippen LogP contribution in [-0.2, 0) is 9.47 Å². The first kappa shape index (κ1) is 20.4. The number of nitrogens with zero attached hydrogens (tertiary/aromatic N) is 3. The van der Waals surface area contributed by atoms with Crippen LogP contribution in [-0.4, -0.2) is 77.4 Å². The second kappa shape index (κ2) is 8.34. The molecule has 1 aromatic rings. The molecule has 0 aromatic carbocycles. The summed E-state index contributed by atoms with van der Waals surface area (Å²) in [6, 6.07) is 3.25. The van der Waals surface area contributed by atoms with Gasteiger partial charge in [-0.2, -0.15) is 0 Å². The zero-order valence-electron chi connectivity index (χ0n) is 17.0. The fourth-order valence-electron chi connectivity index (χ4n) is 3.30. The Morgan fingerprint density at radius 2 is 2.07 bits per heavy atom. The molecule has 1 aromatic heterocycles. The van der Waals surface area contributed by atoms with Crippen LogP contribution in [0.25, 0.3) is 0 Å². The van der Waals surface area contributed by atoms with Crippen molar-refractivity contribution >= 4 is 12.0 Å². The van der Waals surface area contributed by atoms with Crippen molar-refractivity contribution in [2.24, 2.45) is 0 Å². The summed E-state index contributed by atoms with van der Waals surface area (Å²) in [6.45, 7) is 10.0. The molecule has 0 aliphatic carbocycles. The summed E-state index contributed by atoms with van der Waals surface area (Å²) in [5.41, 5.74) is -0.00748. The van der Waals surface area contributed by atoms with Gasteiger partial charge in [-0.05, 0) is 33.8 Å². The maximum atomic E-state index is 13.0. The number of amides is 2. The van der Waals surface area contributed by atoms with E-state index in [1.54, 1.807) is 28.1 Å². The van der Waals surface area contributed by atoms with Gasteiger partial charge in [0.2, 0.25) is 5.88 Å². The quantitative estimate of drug-likeness (QED) is 0.787. The Morgan fingerprint density at radius 1 is 1.29 bits per heavy atom. The summed E-state index contributed by atoms with van der Waals surface area (Å²) in [4.78, 5) is 32.9. The third-order valence-electron chi connectivity index (χ3n) is 4.70. The third-order valence-corrected chi connectivity index (χ3v) is 4.70. The van der Waals surface area contributed by atoms with Crippen molar-refractivity contribution in [2.45, 2.75) is 51.9 Å². The highest BCUT2D eigenvalue weighted by Gasteiger charge is 2.32. The average molecular weight is 391 g/mol. The molecule has 2 aliphatic rings. The summed E-state index contributed by atoms with van der Waals surface area (Å²) >= 11 is 0. The van der Waals surface area contributed by atoms with Crippen molar-refractivity contribution in [3.63, 3.8) is 0 Å². The molecular formula is C20H29N3O5. The van der Waals surface area contributed by atoms with Crippen LogP contribution < -0.4 is 4.74 Å². The van der Waals surface area contributed by atoms with Crippen LogP contribution in [0.2, 0.25) is 0 Å². The van der Waals surface area contributed by atoms with Crippen molar-refractivity contribution in [3.05, 3.63) is 23.9 Å². The van der Waals surface area contributed by atoms with E-state index in [4.69, 9.17) is 14.2 Å². The number of hydrogen-bond donors (Lipinski definition) is 0. The molecule has 0 N–H and O–H groups in total. The van der Waals surface area contributed by atoms with E-state index in [2.05, 4.69) is 4.98 Å². The maximum Gasteiger partial charge on any atom is 0.410 e. The minimum Gasteiger partial charge on any atom is -0.472 e. The van der Waals surface area contributed by atoms with Crippen molar-refractivity contribution in [1.82, 2.24) is 14.8 Å². The van der Waals surface area contributed by atoms with Crippen LogP contribution in [0, 0.1) is 0 Å². The predicted molar refractivity (Wildman–Crippen MR) is 102 cm³/mol. The van der Waals surface area contributed by atoms with Gasteiger partial charge in [0.25, 0.3) is 5.91 Å². The maximum absolute atomic E-state index is 13.0. The lowest BCUT2D eigenvalue weighted by Gasteiger charge is -2.40. The Labute approximate surface area is 165 Å². The molecule has 0 radical (unpaired) electrons. The largest absolute Gasteiger partial charge is 0.472 e. The number of piperazine rings is 1. The zero-order valence-corrected chi connectivity index (χ0v) is 17.0. The van der Waals surface area contributed by atoms with Gasteiger partial charge in [0.15, 0.2) is 0 Å². The third kappa shape index (κ3) is 5.13. The van der Waals surface area contributed by atoms with Gasteiger partial charge in [-0.3, -0.25) is 4.79 Å². The van der Waals surface area contributed by atoms with Crippen LogP contribution in [0.5, 0.6) is 5.88 Å². The fourth-order valence-corrected chi connectivity index (χ4v) is 3.30. The van der Waals surface area contributed by atoms with E-state index < -0.39 is 5.60 Å². The van der Waals surface area contributed by atoms with Gasteiger partial charge in [-0.15, -0.1) is 0 Å². The topological polar surface area (TPSA) is 81.2 Å². The monoisotopic (exact) mass is 391 g/mol. The Kier molecular flexibility index (Phi) is 6.07. The molecule has 0 spiro atoms. The molecule has 0 bridgehead atoms. The zero-order chi connectivity index (χ0) is 20.3. The molecule has 0 saturated carbocycles. The van der Waals surface area contributed by atoms with Gasteiger partial charge in [0, 0.05) is 49.9 Å². The Bertz CT molecular complexity index is 712. The van der Waals surface area contributed by atoms with E-state index in [1.807, 2.05) is 27.7 Å². The number of ether oxygens (including phenoxy) is 3. The first-order chi connectivity index (χ1) is 13.2. The van der Waals surface area contributed by atoms with E-state index in [0.29, 0.717) is 44.3 Å². The molecule has 28 heavy (non-hydrogen) atoms. The molecule has 3 heterocycles. The molecule has 2 atom stereocenters. The summed E-state index contributed by atoms with van der Waals surface area (Å²) in [6.07, 6.45) is 2.04. The second-order valence-electron chi connectivity index (χ2n) is 8.26. The van der Waals surface area contributed by atoms with Gasteiger partial charge >= 0.3 is 6.09 Å². The summed E-state index contributed by atoms with van der Waals surface area (Å²) in [7, 11) is 0. The van der Waals surface area contributed by atoms with E-state index in [-0.39, 0.29) is 24.1 Å². The molecule has 2 amide bonds. The standard InChI is InChI=1S/C20H29N3O5/c1-14-12-22(19(25)28-20(2,3)4)8-9-23(14)18(24)15-5-7-21-17(11-15)27-16-6-10-26-13-16/h5,7,11,14,16H,6,8-10,12-13H2,1-4H3. The lowest BCUT2D eigenvalue weighted by Crippen LogP contribution is -2.56. The average Bonchev–Trinajstić information content (AvgIpc) is 3.13. The van der Waals surface area contributed by atoms with E-state index in [9.17, 15) is 9.59 Å². The smallest absolute Gasteiger partial charge is 0.410 e. The number of rotatable bonds is 3. The fraction of sp³-hybridized carbons (Fsp3) is 0.650. The van der Waals surface area contributed by atoms with Crippen molar-refractivity contribution < 1.29 is 23.8 Å². The second-order valence-corrected chi connectivity index (χ2v) is 8.26. The van der Waals surface area contributed by atoms with Crippen molar-refractivity contribution in [1.29, 1.82) is 0 Å². The first-order valence-corrected chi connectivity index (χ1v) is 9.72. The molecule has 154 valence electrons. The molecule has 3 rings (SSSR count). The van der Waals surface area contributed by atoms with Crippen molar-refractivity contribution in [2.75, 3.05) is 32.8 Å². The summed E-state index contributed by atoms with van der Waals surface area (Å²) < 4.78 is 16.5. The van der Waals surface area contributed by atoms with Crippen LogP contribution in [0.15, 0.2) is 18.3 Å². The molecule has 2 aliphatic heterocycles. The van der Waals surface area contributed by atoms with Crippen LogP contribution in [0.3, 0.4) is 0 Å². The molecule has 8 heteroatoms. The van der Waals surface area contributed by atoms with Crippen LogP contribution in [0.1, 0.15) is 44.5 Å². The van der Waals surface area contributed by atoms with Gasteiger partial charge in [-0.1, -0.05) is 0 Å². The number of hydrogen-bond acceptors (Lipinski definition) is 6. The van der Waals surface area contributed by atoms with Crippen LogP contribution >= 0.6 is 0 Å². The van der Waals surface area contributed by atoms with Gasteiger partial charge in [-0.25, -0.2) is 9.78 Å². The van der Waals surface area contributed by atoms with E-state index in [1.165, 1.54) is 0 Å². The van der Waals surface area contributed by atoms with E-state index in [0.717, 1.165) is 6.42 Å². The molecule has 2 fully saturated rings. The summed E-state index contributed by atoms with van der Waals surface area (Å²) in [5.74, 6) is 0.340. The number of aromatic nitrogens is 1. The first-order valence-electron chi connectivity index (χ1n) is 9.72. The molecule has 2 unspecified atom stereocenters. The number of carbonyl (C=O) groups is 2. The molecule has 2 saturated heterocycles. The highest BCUT2D eigenvalue weighted by Crippen LogP contribution is 2.20. The Morgan fingerprint density at radius 3 is 2.71 bits per heavy atom. The molecular weight excluding hydrogens is 362 g/mol. The van der Waals surface area contributed by atoms with Gasteiger partial charge < -0.3 is 24.0 Å². The minimum absolute atomic E-state index is 0.0193. The number of carbonyl (C=O) groups excluding carboxylic acids is 2. The minimum atomic E-state index is -0.537. The highest BCUT2D eigenvalue weighted by atomic mass is 16.6. The lowest BCUT2D eigenvalue weighted by atomic mass is 10.1. The predicted octanol–water partition coefficient (Wildman–Crippen LogP) is 2.33. The van der Waals surface area contributed by atoms with Gasteiger partial charge in [0.05, 0.1) is 13.2 Å². The Balaban J connectivity index is 1.61. The van der Waals surface area contributed by atoms with E-state index >= 15 is 0 Å². The lowest BCUT2D eigenvalue weighted by molar-refractivity contribution is 0.00616. The Hall–Kier alpha value is -2.35. The van der Waals surface area contributed by atoms with Crippen LogP contribution in [0.4, 0.5) is 4.79 Å². The van der Waals surface area contributed by atoms with Crippen molar-refractivity contribution in [3.8, 4) is 5.88 Å². The molecule has 8 nitrogen and oxygen atoms in total. The van der Waals surface area contributed by atoms with Gasteiger partial charge in [0.1, 0.15) is 11.7 Å². The SMILES string of the molecule is CC1CN(C(=O)OC(C)(C)C)CCN1C(=O)c1ccnc(OC2CCOC2)c1. The normalized spacial score (nSPS) is 22.9. The number of pyridine rings is 1.